The van der Waals surface area contributed by atoms with Crippen molar-refractivity contribution in [1.82, 2.24) is 9.97 Å². The van der Waals surface area contributed by atoms with Gasteiger partial charge in [0.25, 0.3) is 0 Å². The fourth-order valence-electron chi connectivity index (χ4n) is 0.690. The molecular weight excluding hydrogens is 156 g/mol. The smallest absolute Gasteiger partial charge is 0.356 e. The van der Waals surface area contributed by atoms with Crippen molar-refractivity contribution in [2.45, 2.75) is 0 Å². The Hall–Kier alpha value is -1.71. The van der Waals surface area contributed by atoms with E-state index in [-0.39, 0.29) is 5.69 Å². The molecule has 0 saturated heterocycles. The lowest BCUT2D eigenvalue weighted by Crippen LogP contribution is -2.05. The second-order valence-electron chi connectivity index (χ2n) is 2.00. The van der Waals surface area contributed by atoms with E-state index in [0.29, 0.717) is 5.82 Å². The highest BCUT2D eigenvalue weighted by atomic mass is 16.5. The highest BCUT2D eigenvalue weighted by Crippen LogP contribution is 1.97. The van der Waals surface area contributed by atoms with Crippen LogP contribution in [0, 0.1) is 0 Å². The molecule has 0 aromatic carbocycles. The van der Waals surface area contributed by atoms with Crippen LogP contribution >= 0.6 is 0 Å². The maximum atomic E-state index is 10.9. The van der Waals surface area contributed by atoms with E-state index in [4.69, 9.17) is 0 Å². The maximum absolute atomic E-state index is 10.9. The number of aromatic nitrogens is 2. The normalized spacial score (nSPS) is 9.08. The van der Waals surface area contributed by atoms with Gasteiger partial charge in [-0.05, 0) is 12.1 Å². The molecule has 0 amide bonds. The first-order chi connectivity index (χ1) is 5.77. The van der Waals surface area contributed by atoms with Gasteiger partial charge in [0.2, 0.25) is 0 Å². The van der Waals surface area contributed by atoms with Gasteiger partial charge in [0.1, 0.15) is 0 Å². The van der Waals surface area contributed by atoms with Crippen LogP contribution < -0.4 is 0 Å². The molecule has 1 rings (SSSR count). The molecule has 0 saturated carbocycles. The van der Waals surface area contributed by atoms with Crippen molar-refractivity contribution in [3.05, 3.63) is 30.4 Å². The number of carbonyl (C=O) groups is 1. The standard InChI is InChI=1S/C8H8N2O2/c1-3-7-9-5-4-6(10-7)8(11)12-2/h3-5H,1H2,2H3. The van der Waals surface area contributed by atoms with E-state index in [2.05, 4.69) is 21.3 Å². The molecule has 0 aliphatic rings. The van der Waals surface area contributed by atoms with Crippen molar-refractivity contribution >= 4 is 12.0 Å². The lowest BCUT2D eigenvalue weighted by molar-refractivity contribution is 0.0593. The molecule has 0 spiro atoms. The van der Waals surface area contributed by atoms with Crippen molar-refractivity contribution in [1.29, 1.82) is 0 Å². The molecule has 0 aliphatic heterocycles. The SMILES string of the molecule is C=Cc1nccc(C(=O)OC)n1. The first-order valence-corrected chi connectivity index (χ1v) is 3.31. The number of methoxy groups -OCH3 is 1. The Morgan fingerprint density at radius 2 is 2.50 bits per heavy atom. The third-order valence-electron chi connectivity index (χ3n) is 1.25. The Morgan fingerprint density at radius 1 is 1.75 bits per heavy atom. The number of nitrogens with zero attached hydrogens (tertiary/aromatic N) is 2. The number of ether oxygens (including phenoxy) is 1. The number of carbonyl (C=O) groups excluding carboxylic acids is 1. The fraction of sp³-hybridized carbons (Fsp3) is 0.125. The minimum absolute atomic E-state index is 0.238. The Labute approximate surface area is 69.9 Å². The van der Waals surface area contributed by atoms with Crippen molar-refractivity contribution < 1.29 is 9.53 Å². The largest absolute Gasteiger partial charge is 0.464 e. The molecule has 0 bridgehead atoms. The summed E-state index contributed by atoms with van der Waals surface area (Å²) < 4.78 is 4.47. The lowest BCUT2D eigenvalue weighted by atomic mass is 10.4. The third-order valence-corrected chi connectivity index (χ3v) is 1.25. The summed E-state index contributed by atoms with van der Waals surface area (Å²) in [4.78, 5) is 18.6. The first kappa shape index (κ1) is 8.39. The second kappa shape index (κ2) is 3.61. The molecule has 0 fully saturated rings. The van der Waals surface area contributed by atoms with Crippen LogP contribution in [0.4, 0.5) is 0 Å². The van der Waals surface area contributed by atoms with Gasteiger partial charge in [-0.3, -0.25) is 0 Å². The van der Waals surface area contributed by atoms with E-state index < -0.39 is 5.97 Å². The molecule has 62 valence electrons. The minimum atomic E-state index is -0.472. The Kier molecular flexibility index (Phi) is 2.53. The van der Waals surface area contributed by atoms with E-state index in [1.165, 1.54) is 25.4 Å². The Bertz CT molecular complexity index is 310. The predicted molar refractivity (Wildman–Crippen MR) is 43.5 cm³/mol. The summed E-state index contributed by atoms with van der Waals surface area (Å²) in [6, 6.07) is 1.48. The summed E-state index contributed by atoms with van der Waals surface area (Å²) in [5, 5.41) is 0. The van der Waals surface area contributed by atoms with Gasteiger partial charge in [0.15, 0.2) is 11.5 Å². The molecule has 1 heterocycles. The van der Waals surface area contributed by atoms with Crippen molar-refractivity contribution in [2.24, 2.45) is 0 Å². The van der Waals surface area contributed by atoms with Gasteiger partial charge >= 0.3 is 5.97 Å². The molecule has 12 heavy (non-hydrogen) atoms. The Morgan fingerprint density at radius 3 is 3.08 bits per heavy atom. The van der Waals surface area contributed by atoms with Crippen LogP contribution in [0.15, 0.2) is 18.8 Å². The highest BCUT2D eigenvalue weighted by molar-refractivity contribution is 5.87. The van der Waals surface area contributed by atoms with Gasteiger partial charge in [-0.2, -0.15) is 0 Å². The summed E-state index contributed by atoms with van der Waals surface area (Å²) in [5.74, 6) is -0.0570. The average molecular weight is 164 g/mol. The fourth-order valence-corrected chi connectivity index (χ4v) is 0.690. The van der Waals surface area contributed by atoms with Gasteiger partial charge in [-0.15, -0.1) is 0 Å². The summed E-state index contributed by atoms with van der Waals surface area (Å²) in [6.07, 6.45) is 2.95. The van der Waals surface area contributed by atoms with Crippen LogP contribution in [0.5, 0.6) is 0 Å². The molecule has 0 unspecified atom stereocenters. The topological polar surface area (TPSA) is 52.1 Å². The monoisotopic (exact) mass is 164 g/mol. The van der Waals surface area contributed by atoms with Gasteiger partial charge in [0, 0.05) is 6.20 Å². The van der Waals surface area contributed by atoms with Crippen molar-refractivity contribution in [3.8, 4) is 0 Å². The van der Waals surface area contributed by atoms with E-state index in [0.717, 1.165) is 0 Å². The van der Waals surface area contributed by atoms with E-state index >= 15 is 0 Å². The van der Waals surface area contributed by atoms with Gasteiger partial charge in [-0.25, -0.2) is 14.8 Å². The second-order valence-corrected chi connectivity index (χ2v) is 2.00. The zero-order valence-corrected chi connectivity index (χ0v) is 6.65. The summed E-state index contributed by atoms with van der Waals surface area (Å²) >= 11 is 0. The summed E-state index contributed by atoms with van der Waals surface area (Å²) in [6.45, 7) is 3.48. The summed E-state index contributed by atoms with van der Waals surface area (Å²) in [5.41, 5.74) is 0.238. The van der Waals surface area contributed by atoms with Crippen molar-refractivity contribution in [3.63, 3.8) is 0 Å². The molecule has 1 aromatic heterocycles. The predicted octanol–water partition coefficient (Wildman–Crippen LogP) is 0.906. The van der Waals surface area contributed by atoms with Gasteiger partial charge < -0.3 is 4.74 Å². The lowest BCUT2D eigenvalue weighted by Gasteiger charge is -1.97. The maximum Gasteiger partial charge on any atom is 0.356 e. The summed E-state index contributed by atoms with van der Waals surface area (Å²) in [7, 11) is 1.30. The first-order valence-electron chi connectivity index (χ1n) is 3.31. The number of hydrogen-bond acceptors (Lipinski definition) is 4. The van der Waals surface area contributed by atoms with Crippen LogP contribution in [0.3, 0.4) is 0 Å². The zero-order valence-electron chi connectivity index (χ0n) is 6.65. The van der Waals surface area contributed by atoms with Crippen LogP contribution in [0.25, 0.3) is 6.08 Å². The number of rotatable bonds is 2. The van der Waals surface area contributed by atoms with E-state index in [9.17, 15) is 4.79 Å². The molecule has 0 atom stereocenters. The molecule has 1 aromatic rings. The average Bonchev–Trinajstić information content (AvgIpc) is 2.17. The quantitative estimate of drug-likeness (QED) is 0.609. The third kappa shape index (κ3) is 1.66. The van der Waals surface area contributed by atoms with Crippen LogP contribution in [0.2, 0.25) is 0 Å². The van der Waals surface area contributed by atoms with Gasteiger partial charge in [0.05, 0.1) is 7.11 Å². The van der Waals surface area contributed by atoms with Crippen molar-refractivity contribution in [2.75, 3.05) is 7.11 Å². The number of hydrogen-bond donors (Lipinski definition) is 0. The molecule has 0 N–H and O–H groups in total. The van der Waals surface area contributed by atoms with E-state index in [1.807, 2.05) is 0 Å². The molecular formula is C8H8N2O2. The Balaban J connectivity index is 3.01. The van der Waals surface area contributed by atoms with Gasteiger partial charge in [-0.1, -0.05) is 6.58 Å². The number of esters is 1. The zero-order chi connectivity index (χ0) is 8.97. The van der Waals surface area contributed by atoms with Crippen LogP contribution in [0.1, 0.15) is 16.3 Å². The minimum Gasteiger partial charge on any atom is -0.464 e. The molecule has 0 radical (unpaired) electrons. The highest BCUT2D eigenvalue weighted by Gasteiger charge is 2.06. The molecule has 4 nitrogen and oxygen atoms in total. The van der Waals surface area contributed by atoms with Crippen LogP contribution in [-0.4, -0.2) is 23.0 Å². The van der Waals surface area contributed by atoms with Crippen LogP contribution in [-0.2, 0) is 4.74 Å². The van der Waals surface area contributed by atoms with E-state index in [1.54, 1.807) is 0 Å². The molecule has 4 heteroatoms. The molecule has 0 aliphatic carbocycles.